The zero-order chi connectivity index (χ0) is 61.7. The lowest BCUT2D eigenvalue weighted by molar-refractivity contribution is -0.394. The number of benzene rings is 5. The van der Waals surface area contributed by atoms with Gasteiger partial charge in [0, 0.05) is 25.3 Å². The van der Waals surface area contributed by atoms with E-state index in [1.165, 1.54) is 66.3 Å². The Hall–Kier alpha value is -9.88. The molecule has 26 nitrogen and oxygen atoms in total. The fraction of sp³-hybridized carbons (Fsp3) is 0.241. The number of fused-ring (bicyclic) bond motifs is 2. The van der Waals surface area contributed by atoms with Gasteiger partial charge in [0.15, 0.2) is 41.1 Å². The summed E-state index contributed by atoms with van der Waals surface area (Å²) in [5.74, 6) is -4.79. The standard InChI is InChI=1S/C39H30N6O10.C18H17ClF3N5O5.CH4/c1-52-31-30(55-38(49)27-20-12-5-13-21-27)28(22-53-37(48)26-18-10-4-11-19-26)54-36(31)43-23-40-29-32(43)41-39(45(50)51)42-33(29)44(34(46)24-14-6-2-7-15-24)35(47)25-16-8-3-9-17-25;1-30-13-12(29)10(5-28)32-16(13)27-6-24-11-14(23)25-17(26-15(11)27)31-7-2-3-9(19)8(4-7)18(20,21)22;/h2-21,23,28,30-31,36H,22H2,1H3;2-4,6,10,12-13,16,28-29H,5H2,1H3,(H2,23,25,26);1H4/t28-,30-,31-,36-;10-,12-,13-,16-;/m11./s1. The molecule has 30 heteroatoms. The maximum absolute atomic E-state index is 14.1. The number of nitro groups is 1. The minimum Gasteiger partial charge on any atom is -0.459 e. The number of aromatic nitrogens is 8. The summed E-state index contributed by atoms with van der Waals surface area (Å²) < 4.78 is 82.1. The highest BCUT2D eigenvalue weighted by Gasteiger charge is 2.51. The Balaban J connectivity index is 0.000000237. The highest BCUT2D eigenvalue weighted by Crippen LogP contribution is 2.41. The molecule has 456 valence electrons. The molecule has 0 radical (unpaired) electrons. The van der Waals surface area contributed by atoms with Crippen LogP contribution in [0.15, 0.2) is 152 Å². The Morgan fingerprint density at radius 1 is 0.705 bits per heavy atom. The van der Waals surface area contributed by atoms with Crippen LogP contribution in [0.4, 0.5) is 30.8 Å². The van der Waals surface area contributed by atoms with Crippen LogP contribution in [0.1, 0.15) is 66.9 Å². The fourth-order valence-corrected chi connectivity index (χ4v) is 9.67. The molecule has 4 aromatic heterocycles. The number of imide groups is 1. The van der Waals surface area contributed by atoms with E-state index in [0.29, 0.717) is 11.0 Å². The number of amides is 2. The van der Waals surface area contributed by atoms with Gasteiger partial charge < -0.3 is 59.2 Å². The number of nitrogens with two attached hydrogens (primary N) is 1. The van der Waals surface area contributed by atoms with Crippen LogP contribution in [0, 0.1) is 10.1 Å². The Morgan fingerprint density at radius 2 is 1.22 bits per heavy atom. The summed E-state index contributed by atoms with van der Waals surface area (Å²) in [5.41, 5.74) is 5.43. The molecular formula is C58H51ClF3N11O15. The van der Waals surface area contributed by atoms with E-state index in [1.54, 1.807) is 97.1 Å². The van der Waals surface area contributed by atoms with Crippen molar-refractivity contribution < 1.29 is 80.6 Å². The monoisotopic (exact) mass is 1230 g/mol. The highest BCUT2D eigenvalue weighted by atomic mass is 35.5. The molecule has 0 aliphatic carbocycles. The number of nitrogen functional groups attached to an aromatic ring is 1. The second kappa shape index (κ2) is 26.8. The minimum absolute atomic E-state index is 0. The van der Waals surface area contributed by atoms with E-state index >= 15 is 0 Å². The molecule has 5 aromatic carbocycles. The Labute approximate surface area is 500 Å². The van der Waals surface area contributed by atoms with Crippen LogP contribution in [0.25, 0.3) is 22.3 Å². The van der Waals surface area contributed by atoms with Crippen molar-refractivity contribution in [2.75, 3.05) is 38.1 Å². The topological polar surface area (TPSA) is 333 Å². The fourth-order valence-electron chi connectivity index (χ4n) is 9.45. The van der Waals surface area contributed by atoms with Gasteiger partial charge in [-0.25, -0.2) is 24.5 Å². The number of hydrogen-bond acceptors (Lipinski definition) is 22. The molecule has 4 N–H and O–H groups in total. The Bertz CT molecular complexity index is 3940. The smallest absolute Gasteiger partial charge is 0.459 e. The Kier molecular flexibility index (Phi) is 19.1. The van der Waals surface area contributed by atoms with Crippen LogP contribution in [0.3, 0.4) is 0 Å². The van der Waals surface area contributed by atoms with Crippen molar-refractivity contribution in [1.82, 2.24) is 39.0 Å². The van der Waals surface area contributed by atoms with Gasteiger partial charge in [0.25, 0.3) is 17.6 Å². The van der Waals surface area contributed by atoms with Crippen LogP contribution in [-0.4, -0.2) is 142 Å². The minimum atomic E-state index is -4.68. The van der Waals surface area contributed by atoms with Crippen molar-refractivity contribution in [3.05, 3.63) is 195 Å². The molecule has 8 atom stereocenters. The lowest BCUT2D eigenvalue weighted by Gasteiger charge is -2.23. The maximum Gasteiger partial charge on any atom is 0.473 e. The average Bonchev–Trinajstić information content (AvgIpc) is 2.84. The summed E-state index contributed by atoms with van der Waals surface area (Å²) in [6.07, 6.45) is -10.7. The van der Waals surface area contributed by atoms with Crippen LogP contribution in [0.2, 0.25) is 5.02 Å². The molecule has 0 bridgehead atoms. The number of carbonyl (C=O) groups is 4. The van der Waals surface area contributed by atoms with Gasteiger partial charge in [-0.2, -0.15) is 23.1 Å². The summed E-state index contributed by atoms with van der Waals surface area (Å²) >= 11 is 5.63. The number of hydrogen-bond donors (Lipinski definition) is 3. The number of halogens is 4. The number of esters is 2. The van der Waals surface area contributed by atoms with Gasteiger partial charge in [-0.3, -0.25) is 18.7 Å². The molecule has 88 heavy (non-hydrogen) atoms. The van der Waals surface area contributed by atoms with Gasteiger partial charge in [0.2, 0.25) is 5.65 Å². The molecule has 9 aromatic rings. The predicted octanol–water partition coefficient (Wildman–Crippen LogP) is 7.99. The van der Waals surface area contributed by atoms with Crippen molar-refractivity contribution in [2.45, 2.75) is 62.7 Å². The van der Waals surface area contributed by atoms with E-state index in [1.807, 2.05) is 0 Å². The second-order valence-corrected chi connectivity index (χ2v) is 19.4. The third kappa shape index (κ3) is 13.0. The molecule has 0 saturated carbocycles. The van der Waals surface area contributed by atoms with E-state index in [-0.39, 0.29) is 69.6 Å². The number of ether oxygens (including phenoxy) is 7. The number of methoxy groups -OCH3 is 2. The molecule has 11 rings (SSSR count). The third-order valence-electron chi connectivity index (χ3n) is 13.6. The predicted molar refractivity (Wildman–Crippen MR) is 304 cm³/mol. The van der Waals surface area contributed by atoms with Crippen molar-refractivity contribution in [2.24, 2.45) is 0 Å². The molecule has 2 amide bonds. The number of rotatable bonds is 16. The molecule has 6 heterocycles. The summed E-state index contributed by atoms with van der Waals surface area (Å²) in [5, 5.41) is 31.5. The van der Waals surface area contributed by atoms with Crippen molar-refractivity contribution in [3.63, 3.8) is 0 Å². The molecule has 0 spiro atoms. The number of alkyl halides is 3. The summed E-state index contributed by atoms with van der Waals surface area (Å²) in [7, 11) is 2.70. The molecule has 2 aliphatic heterocycles. The van der Waals surface area contributed by atoms with Crippen LogP contribution in [-0.2, 0) is 34.6 Å². The largest absolute Gasteiger partial charge is 0.473 e. The number of imidazole rings is 2. The molecule has 2 fully saturated rings. The van der Waals surface area contributed by atoms with Gasteiger partial charge in [-0.1, -0.05) is 91.8 Å². The lowest BCUT2D eigenvalue weighted by Crippen LogP contribution is -2.39. The van der Waals surface area contributed by atoms with Gasteiger partial charge in [-0.15, -0.1) is 0 Å². The third-order valence-corrected chi connectivity index (χ3v) is 13.9. The maximum atomic E-state index is 14.1. The number of aliphatic hydroxyl groups excluding tert-OH is 2. The first-order valence-corrected chi connectivity index (χ1v) is 26.3. The molecule has 2 saturated heterocycles. The number of anilines is 2. The summed E-state index contributed by atoms with van der Waals surface area (Å²) in [4.78, 5) is 91.4. The summed E-state index contributed by atoms with van der Waals surface area (Å²) in [6, 6.07) is 34.7. The van der Waals surface area contributed by atoms with E-state index in [2.05, 4.69) is 29.9 Å². The molecular weight excluding hydrogens is 1180 g/mol. The van der Waals surface area contributed by atoms with E-state index < -0.39 is 119 Å². The molecule has 0 unspecified atom stereocenters. The SMILES string of the molecule is C.CO[C@@H]1[C@H](O)[C@@H](CO)O[C@H]1n1cnc2c(N)nc(Oc3ccc(Cl)c(C(F)(F)F)c3)nc21.CO[C@@H]1[C@H](OC(=O)c2ccccc2)[C@@H](COC(=O)c2ccccc2)O[C@H]1n1cnc2c(N(C(=O)c3ccccc3)C(=O)c3ccccc3)nc([N+](=O)[O-])nc21. The zero-order valence-corrected chi connectivity index (χ0v) is 46.0. The number of aliphatic hydroxyl groups is 2. The first-order valence-electron chi connectivity index (χ1n) is 25.9. The quantitative estimate of drug-likeness (QED) is 0.0357. The van der Waals surface area contributed by atoms with E-state index in [9.17, 15) is 52.7 Å². The van der Waals surface area contributed by atoms with E-state index in [4.69, 9.17) is 50.5 Å². The highest BCUT2D eigenvalue weighted by molar-refractivity contribution is 6.31. The van der Waals surface area contributed by atoms with Crippen LogP contribution >= 0.6 is 11.6 Å². The van der Waals surface area contributed by atoms with E-state index in [0.717, 1.165) is 6.07 Å². The van der Waals surface area contributed by atoms with Crippen molar-refractivity contribution in [3.8, 4) is 11.8 Å². The second-order valence-electron chi connectivity index (χ2n) is 19.0. The van der Waals surface area contributed by atoms with Crippen LogP contribution in [0.5, 0.6) is 11.8 Å². The lowest BCUT2D eigenvalue weighted by atomic mass is 10.1. The first kappa shape index (κ1) is 62.6. The average molecular weight is 1230 g/mol. The molecule has 2 aliphatic rings. The zero-order valence-electron chi connectivity index (χ0n) is 45.2. The first-order chi connectivity index (χ1) is 41.9. The van der Waals surface area contributed by atoms with Gasteiger partial charge in [0.05, 0.1) is 34.6 Å². The van der Waals surface area contributed by atoms with Crippen molar-refractivity contribution in [1.29, 1.82) is 0 Å². The number of carbonyl (C=O) groups excluding carboxylic acids is 4. The Morgan fingerprint density at radius 3 is 1.75 bits per heavy atom. The van der Waals surface area contributed by atoms with Gasteiger partial charge >= 0.3 is 30.1 Å². The summed E-state index contributed by atoms with van der Waals surface area (Å²) in [6.45, 7) is -0.845. The van der Waals surface area contributed by atoms with Gasteiger partial charge in [-0.05, 0) is 81.6 Å². The number of nitrogens with zero attached hydrogens (tertiary/aromatic N) is 10. The normalized spacial score (nSPS) is 19.7. The van der Waals surface area contributed by atoms with Gasteiger partial charge in [0.1, 0.15) is 49.2 Å². The van der Waals surface area contributed by atoms with Crippen molar-refractivity contribution >= 4 is 75.3 Å². The van der Waals surface area contributed by atoms with Crippen LogP contribution < -0.4 is 15.4 Å².